The average Bonchev–Trinajstić information content (AvgIpc) is 2.56. The van der Waals surface area contributed by atoms with E-state index in [0.717, 1.165) is 47.7 Å². The average molecular weight is 376 g/mol. The second kappa shape index (κ2) is 8.63. The summed E-state index contributed by atoms with van der Waals surface area (Å²) in [6.07, 6.45) is 4.55. The SMILES string of the molecule is C=CC(=O)SCCCCSc1cc(=O)oc2ccc(N3CCC3)cc12. The van der Waals surface area contributed by atoms with E-state index in [-0.39, 0.29) is 10.7 Å². The Labute approximate surface area is 155 Å². The second-order valence-corrected chi connectivity index (χ2v) is 8.11. The van der Waals surface area contributed by atoms with Crippen LogP contribution in [-0.4, -0.2) is 29.7 Å². The monoisotopic (exact) mass is 375 g/mol. The summed E-state index contributed by atoms with van der Waals surface area (Å²) >= 11 is 2.99. The van der Waals surface area contributed by atoms with Crippen molar-refractivity contribution in [2.24, 2.45) is 0 Å². The molecule has 0 atom stereocenters. The lowest BCUT2D eigenvalue weighted by Gasteiger charge is -2.33. The van der Waals surface area contributed by atoms with E-state index in [1.807, 2.05) is 12.1 Å². The molecule has 0 aliphatic carbocycles. The van der Waals surface area contributed by atoms with Crippen molar-refractivity contribution in [3.8, 4) is 0 Å². The van der Waals surface area contributed by atoms with Gasteiger partial charge in [0, 0.05) is 40.9 Å². The Bertz CT molecular complexity index is 827. The predicted octanol–water partition coefficient (Wildman–Crippen LogP) is 4.32. The number of benzene rings is 1. The Hall–Kier alpha value is -1.66. The van der Waals surface area contributed by atoms with Gasteiger partial charge in [-0.1, -0.05) is 18.3 Å². The largest absolute Gasteiger partial charge is 0.423 e. The number of carbonyl (C=O) groups excluding carboxylic acids is 1. The van der Waals surface area contributed by atoms with E-state index in [9.17, 15) is 9.59 Å². The molecule has 1 fully saturated rings. The zero-order valence-corrected chi connectivity index (χ0v) is 15.7. The van der Waals surface area contributed by atoms with E-state index in [0.29, 0.717) is 5.58 Å². The fourth-order valence-corrected chi connectivity index (χ4v) is 4.36. The molecule has 6 heteroatoms. The standard InChI is InChI=1S/C19H21NO3S2/c1-2-19(22)25-11-4-3-10-24-17-13-18(21)23-16-7-6-14(12-15(16)17)20-8-5-9-20/h2,6-7,12-13H,1,3-5,8-11H2. The summed E-state index contributed by atoms with van der Waals surface area (Å²) < 4.78 is 5.33. The van der Waals surface area contributed by atoms with Crippen LogP contribution in [0.2, 0.25) is 0 Å². The van der Waals surface area contributed by atoms with E-state index < -0.39 is 0 Å². The van der Waals surface area contributed by atoms with Gasteiger partial charge in [0.1, 0.15) is 5.58 Å². The second-order valence-electron chi connectivity index (χ2n) is 5.88. The Kier molecular flexibility index (Phi) is 6.26. The van der Waals surface area contributed by atoms with Crippen LogP contribution in [0.5, 0.6) is 0 Å². The fraction of sp³-hybridized carbons (Fsp3) is 0.368. The lowest BCUT2D eigenvalue weighted by atomic mass is 10.1. The molecule has 1 aliphatic heterocycles. The number of anilines is 1. The molecule has 4 nitrogen and oxygen atoms in total. The van der Waals surface area contributed by atoms with Crippen molar-refractivity contribution in [2.75, 3.05) is 29.5 Å². The summed E-state index contributed by atoms with van der Waals surface area (Å²) in [5, 5.41) is 1.03. The first kappa shape index (κ1) is 18.1. The van der Waals surface area contributed by atoms with Crippen LogP contribution in [0.25, 0.3) is 11.0 Å². The van der Waals surface area contributed by atoms with Crippen LogP contribution in [0.3, 0.4) is 0 Å². The van der Waals surface area contributed by atoms with Crippen LogP contribution < -0.4 is 10.5 Å². The molecule has 0 N–H and O–H groups in total. The summed E-state index contributed by atoms with van der Waals surface area (Å²) in [7, 11) is 0. The Morgan fingerprint density at radius 3 is 2.76 bits per heavy atom. The van der Waals surface area contributed by atoms with Gasteiger partial charge < -0.3 is 9.32 Å². The molecule has 0 amide bonds. The number of hydrogen-bond donors (Lipinski definition) is 0. The van der Waals surface area contributed by atoms with Crippen LogP contribution >= 0.6 is 23.5 Å². The maximum absolute atomic E-state index is 11.8. The molecule has 3 rings (SSSR count). The molecule has 132 valence electrons. The summed E-state index contributed by atoms with van der Waals surface area (Å²) in [6, 6.07) is 7.62. The first-order valence-electron chi connectivity index (χ1n) is 8.42. The van der Waals surface area contributed by atoms with Crippen molar-refractivity contribution in [2.45, 2.75) is 24.2 Å². The predicted molar refractivity (Wildman–Crippen MR) is 107 cm³/mol. The number of unbranched alkanes of at least 4 members (excludes halogenated alkanes) is 1. The summed E-state index contributed by atoms with van der Waals surface area (Å²) in [6.45, 7) is 5.64. The van der Waals surface area contributed by atoms with Crippen LogP contribution in [0.1, 0.15) is 19.3 Å². The van der Waals surface area contributed by atoms with Gasteiger partial charge in [0.2, 0.25) is 5.12 Å². The van der Waals surface area contributed by atoms with Gasteiger partial charge in [0.15, 0.2) is 0 Å². The van der Waals surface area contributed by atoms with E-state index in [2.05, 4.69) is 17.5 Å². The third-order valence-corrected chi connectivity index (χ3v) is 6.20. The van der Waals surface area contributed by atoms with Crippen molar-refractivity contribution in [3.63, 3.8) is 0 Å². The highest BCUT2D eigenvalue weighted by Crippen LogP contribution is 2.31. The van der Waals surface area contributed by atoms with Crippen molar-refractivity contribution >= 4 is 45.3 Å². The number of carbonyl (C=O) groups is 1. The minimum Gasteiger partial charge on any atom is -0.423 e. The van der Waals surface area contributed by atoms with Gasteiger partial charge in [-0.15, -0.1) is 11.8 Å². The molecule has 0 unspecified atom stereocenters. The van der Waals surface area contributed by atoms with E-state index in [1.165, 1.54) is 29.9 Å². The Morgan fingerprint density at radius 2 is 2.04 bits per heavy atom. The van der Waals surface area contributed by atoms with Crippen molar-refractivity contribution in [3.05, 3.63) is 47.3 Å². The smallest absolute Gasteiger partial charge is 0.337 e. The third-order valence-electron chi connectivity index (χ3n) is 4.12. The summed E-state index contributed by atoms with van der Waals surface area (Å²) in [5.74, 6) is 1.72. The highest BCUT2D eigenvalue weighted by atomic mass is 32.2. The number of fused-ring (bicyclic) bond motifs is 1. The third kappa shape index (κ3) is 4.70. The van der Waals surface area contributed by atoms with Gasteiger partial charge in [-0.05, 0) is 49.3 Å². The quantitative estimate of drug-likeness (QED) is 0.296. The fourth-order valence-electron chi connectivity index (χ4n) is 2.63. The lowest BCUT2D eigenvalue weighted by molar-refractivity contribution is -0.107. The van der Waals surface area contributed by atoms with Crippen molar-refractivity contribution in [1.29, 1.82) is 0 Å². The number of hydrogen-bond acceptors (Lipinski definition) is 6. The minimum atomic E-state index is -0.307. The molecular formula is C19H21NO3S2. The van der Waals surface area contributed by atoms with Gasteiger partial charge in [-0.25, -0.2) is 4.79 Å². The lowest BCUT2D eigenvalue weighted by Crippen LogP contribution is -2.36. The van der Waals surface area contributed by atoms with Gasteiger partial charge in [-0.3, -0.25) is 4.79 Å². The molecule has 2 aromatic rings. The molecule has 25 heavy (non-hydrogen) atoms. The zero-order chi connectivity index (χ0) is 17.6. The number of thioether (sulfide) groups is 2. The maximum atomic E-state index is 11.8. The van der Waals surface area contributed by atoms with Crippen LogP contribution in [-0.2, 0) is 4.79 Å². The highest BCUT2D eigenvalue weighted by molar-refractivity contribution is 8.14. The molecule has 0 saturated carbocycles. The molecule has 0 spiro atoms. The summed E-state index contributed by atoms with van der Waals surface area (Å²) in [4.78, 5) is 26.3. The van der Waals surface area contributed by atoms with Gasteiger partial charge in [0.05, 0.1) is 0 Å². The van der Waals surface area contributed by atoms with Crippen LogP contribution in [0.4, 0.5) is 5.69 Å². The van der Waals surface area contributed by atoms with Gasteiger partial charge in [-0.2, -0.15) is 0 Å². The van der Waals surface area contributed by atoms with Gasteiger partial charge >= 0.3 is 5.63 Å². The van der Waals surface area contributed by atoms with Gasteiger partial charge in [0.25, 0.3) is 0 Å². The molecule has 1 saturated heterocycles. The van der Waals surface area contributed by atoms with E-state index in [4.69, 9.17) is 4.42 Å². The highest BCUT2D eigenvalue weighted by Gasteiger charge is 2.16. The number of nitrogens with zero attached hydrogens (tertiary/aromatic N) is 1. The molecule has 0 bridgehead atoms. The van der Waals surface area contributed by atoms with Crippen LogP contribution in [0, 0.1) is 0 Å². The molecule has 1 aromatic heterocycles. The normalized spacial score (nSPS) is 13.7. The maximum Gasteiger partial charge on any atom is 0.337 e. The van der Waals surface area contributed by atoms with Crippen LogP contribution in [0.15, 0.2) is 51.0 Å². The van der Waals surface area contributed by atoms with E-state index in [1.54, 1.807) is 17.8 Å². The molecule has 2 heterocycles. The first-order valence-corrected chi connectivity index (χ1v) is 10.4. The summed E-state index contributed by atoms with van der Waals surface area (Å²) in [5.41, 5.74) is 1.53. The Balaban J connectivity index is 1.64. The Morgan fingerprint density at radius 1 is 1.24 bits per heavy atom. The molecule has 0 radical (unpaired) electrons. The zero-order valence-electron chi connectivity index (χ0n) is 14.0. The molecule has 1 aromatic carbocycles. The van der Waals surface area contributed by atoms with Crippen molar-refractivity contribution in [1.82, 2.24) is 0 Å². The van der Waals surface area contributed by atoms with Crippen molar-refractivity contribution < 1.29 is 9.21 Å². The molecule has 1 aliphatic rings. The molecular weight excluding hydrogens is 354 g/mol. The number of rotatable bonds is 8. The topological polar surface area (TPSA) is 50.5 Å². The minimum absolute atomic E-state index is 0.0258. The van der Waals surface area contributed by atoms with E-state index >= 15 is 0 Å². The first-order chi connectivity index (χ1) is 12.2.